The van der Waals surface area contributed by atoms with Gasteiger partial charge in [-0.25, -0.2) is 0 Å². The highest BCUT2D eigenvalue weighted by Crippen LogP contribution is 2.18. The molecule has 0 aromatic rings. The van der Waals surface area contributed by atoms with Gasteiger partial charge in [-0.2, -0.15) is 0 Å². The standard InChI is InChI=1S/C67H122O6/c1-4-7-10-13-15-17-19-21-23-25-27-29-31-32-33-34-36-37-39-41-43-45-47-49-51-54-57-60-66(69)72-63-64(62-71-65(68)59-56-53-12-9-6-3)73-67(70)61-58-55-52-50-48-46-44-42-40-38-35-30-28-26-24-22-20-18-16-14-11-8-5-2/h8,11,16,18,22,24,28,30,64H,4-7,9-10,12-15,17,19-21,23,25-27,29,31-63H2,1-3H3/b11-8-,18-16-,24-22-,30-28-. The highest BCUT2D eigenvalue weighted by molar-refractivity contribution is 5.71. The number of carbonyl (C=O) groups excluding carboxylic acids is 3. The number of carbonyl (C=O) groups is 3. The normalized spacial score (nSPS) is 12.3. The van der Waals surface area contributed by atoms with Crippen molar-refractivity contribution in [1.82, 2.24) is 0 Å². The van der Waals surface area contributed by atoms with Crippen molar-refractivity contribution in [2.24, 2.45) is 0 Å². The van der Waals surface area contributed by atoms with Crippen LogP contribution in [0.3, 0.4) is 0 Å². The van der Waals surface area contributed by atoms with Crippen LogP contribution in [0.4, 0.5) is 0 Å². The van der Waals surface area contributed by atoms with Crippen LogP contribution in [-0.2, 0) is 28.6 Å². The summed E-state index contributed by atoms with van der Waals surface area (Å²) in [4.78, 5) is 37.9. The van der Waals surface area contributed by atoms with Crippen molar-refractivity contribution in [2.45, 2.75) is 348 Å². The molecule has 0 aliphatic rings. The van der Waals surface area contributed by atoms with Crippen molar-refractivity contribution in [3.63, 3.8) is 0 Å². The van der Waals surface area contributed by atoms with Gasteiger partial charge in [-0.1, -0.05) is 313 Å². The van der Waals surface area contributed by atoms with Crippen LogP contribution in [0.2, 0.25) is 0 Å². The minimum Gasteiger partial charge on any atom is -0.462 e. The van der Waals surface area contributed by atoms with E-state index in [1.54, 1.807) is 0 Å². The van der Waals surface area contributed by atoms with Crippen LogP contribution in [0.25, 0.3) is 0 Å². The van der Waals surface area contributed by atoms with Crippen LogP contribution < -0.4 is 0 Å². The summed E-state index contributed by atoms with van der Waals surface area (Å²) in [7, 11) is 0. The van der Waals surface area contributed by atoms with Crippen molar-refractivity contribution >= 4 is 17.9 Å². The van der Waals surface area contributed by atoms with E-state index in [2.05, 4.69) is 69.4 Å². The van der Waals surface area contributed by atoms with Crippen molar-refractivity contribution < 1.29 is 28.6 Å². The Morgan fingerprint density at radius 2 is 0.534 bits per heavy atom. The van der Waals surface area contributed by atoms with Crippen molar-refractivity contribution in [3.05, 3.63) is 48.6 Å². The van der Waals surface area contributed by atoms with E-state index in [1.165, 1.54) is 212 Å². The summed E-state index contributed by atoms with van der Waals surface area (Å²) in [6.45, 7) is 6.49. The molecule has 0 fully saturated rings. The SMILES string of the molecule is CC/C=C\C/C=C\C/C=C\C/C=C\CCCCCCCCCCCCC(=O)OC(COC(=O)CCCCCCC)COC(=O)CCCCCCCCCCCCCCCCCCCCCCCCCCCCC. The Hall–Kier alpha value is -2.63. The molecule has 0 heterocycles. The smallest absolute Gasteiger partial charge is 0.306 e. The van der Waals surface area contributed by atoms with Crippen LogP contribution >= 0.6 is 0 Å². The van der Waals surface area contributed by atoms with Crippen LogP contribution in [-0.4, -0.2) is 37.2 Å². The van der Waals surface area contributed by atoms with Crippen molar-refractivity contribution in [3.8, 4) is 0 Å². The van der Waals surface area contributed by atoms with Gasteiger partial charge in [0.05, 0.1) is 0 Å². The summed E-state index contributed by atoms with van der Waals surface area (Å²) in [5.41, 5.74) is 0. The van der Waals surface area contributed by atoms with E-state index in [4.69, 9.17) is 14.2 Å². The zero-order valence-electron chi connectivity index (χ0n) is 48.9. The quantitative estimate of drug-likeness (QED) is 0.0261. The molecule has 0 bridgehead atoms. The molecule has 1 unspecified atom stereocenters. The molecule has 0 aliphatic heterocycles. The van der Waals surface area contributed by atoms with Crippen molar-refractivity contribution in [2.75, 3.05) is 13.2 Å². The molecule has 0 aromatic carbocycles. The maximum Gasteiger partial charge on any atom is 0.306 e. The number of esters is 3. The lowest BCUT2D eigenvalue weighted by atomic mass is 10.0. The van der Waals surface area contributed by atoms with Gasteiger partial charge in [0.2, 0.25) is 0 Å². The van der Waals surface area contributed by atoms with Gasteiger partial charge in [0.15, 0.2) is 6.10 Å². The topological polar surface area (TPSA) is 78.9 Å². The molecule has 6 nitrogen and oxygen atoms in total. The zero-order chi connectivity index (χ0) is 52.9. The number of ether oxygens (including phenoxy) is 3. The number of unbranched alkanes of at least 4 members (excludes halogenated alkanes) is 40. The Morgan fingerprint density at radius 3 is 0.836 bits per heavy atom. The molecule has 0 aliphatic carbocycles. The molecule has 0 aromatic heterocycles. The molecule has 0 saturated carbocycles. The summed E-state index contributed by atoms with van der Waals surface area (Å²) in [6, 6.07) is 0. The molecule has 0 N–H and O–H groups in total. The second-order valence-corrected chi connectivity index (χ2v) is 21.7. The van der Waals surface area contributed by atoms with Gasteiger partial charge in [-0.15, -0.1) is 0 Å². The second kappa shape index (κ2) is 61.9. The highest BCUT2D eigenvalue weighted by Gasteiger charge is 2.19. The van der Waals surface area contributed by atoms with Gasteiger partial charge >= 0.3 is 17.9 Å². The Balaban J connectivity index is 3.98. The maximum absolute atomic E-state index is 12.8. The third-order valence-electron chi connectivity index (χ3n) is 14.3. The fraction of sp³-hybridized carbons (Fsp3) is 0.836. The average Bonchev–Trinajstić information content (AvgIpc) is 3.39. The van der Waals surface area contributed by atoms with E-state index in [0.717, 1.165) is 89.9 Å². The molecule has 0 rings (SSSR count). The lowest BCUT2D eigenvalue weighted by Gasteiger charge is -2.18. The third-order valence-corrected chi connectivity index (χ3v) is 14.3. The Kier molecular flexibility index (Phi) is 59.7. The first kappa shape index (κ1) is 70.4. The summed E-state index contributed by atoms with van der Waals surface area (Å²) in [6.07, 6.45) is 77.5. The Labute approximate surface area is 454 Å². The van der Waals surface area contributed by atoms with E-state index >= 15 is 0 Å². The molecular formula is C67H122O6. The first-order valence-electron chi connectivity index (χ1n) is 32.1. The van der Waals surface area contributed by atoms with Crippen LogP contribution in [0.1, 0.15) is 342 Å². The van der Waals surface area contributed by atoms with Crippen molar-refractivity contribution in [1.29, 1.82) is 0 Å². The predicted molar refractivity (Wildman–Crippen MR) is 316 cm³/mol. The fourth-order valence-corrected chi connectivity index (χ4v) is 9.56. The van der Waals surface area contributed by atoms with Gasteiger partial charge in [-0.05, 0) is 57.8 Å². The first-order valence-corrected chi connectivity index (χ1v) is 32.1. The summed E-state index contributed by atoms with van der Waals surface area (Å²) < 4.78 is 16.8. The predicted octanol–water partition coefficient (Wildman–Crippen LogP) is 21.8. The molecule has 0 amide bonds. The van der Waals surface area contributed by atoms with E-state index in [9.17, 15) is 14.4 Å². The van der Waals surface area contributed by atoms with Crippen LogP contribution in [0.5, 0.6) is 0 Å². The number of hydrogen-bond donors (Lipinski definition) is 0. The lowest BCUT2D eigenvalue weighted by Crippen LogP contribution is -2.30. The summed E-state index contributed by atoms with van der Waals surface area (Å²) in [5.74, 6) is -0.872. The second-order valence-electron chi connectivity index (χ2n) is 21.7. The van der Waals surface area contributed by atoms with E-state index in [1.807, 2.05) is 0 Å². The molecule has 0 spiro atoms. The van der Waals surface area contributed by atoms with E-state index < -0.39 is 6.10 Å². The molecule has 426 valence electrons. The van der Waals surface area contributed by atoms with Crippen LogP contribution in [0, 0.1) is 0 Å². The fourth-order valence-electron chi connectivity index (χ4n) is 9.56. The molecule has 73 heavy (non-hydrogen) atoms. The van der Waals surface area contributed by atoms with Gasteiger partial charge in [-0.3, -0.25) is 14.4 Å². The van der Waals surface area contributed by atoms with Gasteiger partial charge in [0, 0.05) is 19.3 Å². The third kappa shape index (κ3) is 60.1. The summed E-state index contributed by atoms with van der Waals surface area (Å²) in [5, 5.41) is 0. The average molecular weight is 1020 g/mol. The molecule has 0 radical (unpaired) electrons. The molecule has 0 saturated heterocycles. The van der Waals surface area contributed by atoms with Crippen LogP contribution in [0.15, 0.2) is 48.6 Å². The first-order chi connectivity index (χ1) is 36.0. The highest BCUT2D eigenvalue weighted by atomic mass is 16.6. The number of allylic oxidation sites excluding steroid dienone is 8. The maximum atomic E-state index is 12.8. The van der Waals surface area contributed by atoms with Gasteiger partial charge in [0.25, 0.3) is 0 Å². The van der Waals surface area contributed by atoms with E-state index in [-0.39, 0.29) is 31.1 Å². The molecular weight excluding hydrogens is 901 g/mol. The Morgan fingerprint density at radius 1 is 0.288 bits per heavy atom. The number of hydrogen-bond acceptors (Lipinski definition) is 6. The van der Waals surface area contributed by atoms with E-state index in [0.29, 0.717) is 19.3 Å². The largest absolute Gasteiger partial charge is 0.462 e. The Bertz CT molecular complexity index is 1270. The van der Waals surface area contributed by atoms with Gasteiger partial charge in [0.1, 0.15) is 13.2 Å². The van der Waals surface area contributed by atoms with Gasteiger partial charge < -0.3 is 14.2 Å². The summed E-state index contributed by atoms with van der Waals surface area (Å²) >= 11 is 0. The molecule has 6 heteroatoms. The monoisotopic (exact) mass is 1020 g/mol. The minimum atomic E-state index is -0.770. The minimum absolute atomic E-state index is 0.0711. The lowest BCUT2D eigenvalue weighted by molar-refractivity contribution is -0.167. The number of rotatable bonds is 59. The molecule has 1 atom stereocenters. The zero-order valence-corrected chi connectivity index (χ0v) is 48.9.